The summed E-state index contributed by atoms with van der Waals surface area (Å²) in [5.74, 6) is -0.569. The van der Waals surface area contributed by atoms with E-state index in [1.807, 2.05) is 0 Å². The van der Waals surface area contributed by atoms with Crippen molar-refractivity contribution in [2.45, 2.75) is 31.0 Å². The number of nitrogen functional groups attached to an aromatic ring is 1. The van der Waals surface area contributed by atoms with E-state index in [4.69, 9.17) is 35.4 Å². The first-order chi connectivity index (χ1) is 16.8. The predicted molar refractivity (Wildman–Crippen MR) is 118 cm³/mol. The van der Waals surface area contributed by atoms with Crippen LogP contribution in [0.15, 0.2) is 42.7 Å². The van der Waals surface area contributed by atoms with E-state index in [0.717, 1.165) is 0 Å². The molecule has 2 aliphatic heterocycles. The Morgan fingerprint density at radius 3 is 2.97 bits per heavy atom. The molecule has 4 heterocycles. The molecule has 0 radical (unpaired) electrons. The second-order valence-electron chi connectivity index (χ2n) is 7.74. The average Bonchev–Trinajstić information content (AvgIpc) is 3.40. The first-order valence-electron chi connectivity index (χ1n) is 10.5. The quantitative estimate of drug-likeness (QED) is 0.299. The van der Waals surface area contributed by atoms with Crippen molar-refractivity contribution in [3.05, 3.63) is 65.4 Å². The number of nitrogens with zero attached hydrogens (tertiary/aromatic N) is 4. The number of hydrogen-bond acceptors (Lipinski definition) is 11. The number of phosphoric ester groups is 1. The predicted octanol–water partition coefficient (Wildman–Crippen LogP) is 2.14. The Hall–Kier alpha value is -3.53. The molecule has 0 spiro atoms. The molecular weight excluding hydrogens is 481 g/mol. The Labute approximate surface area is 198 Å². The lowest BCUT2D eigenvalue weighted by atomic mass is 10.0. The fraction of sp³-hybridized carbons (Fsp3) is 0.333. The van der Waals surface area contributed by atoms with Gasteiger partial charge in [-0.3, -0.25) is 18.6 Å². The second-order valence-corrected chi connectivity index (χ2v) is 9.29. The molecule has 0 aliphatic carbocycles. The van der Waals surface area contributed by atoms with Gasteiger partial charge in [-0.2, -0.15) is 5.10 Å². The Morgan fingerprint density at radius 2 is 2.20 bits per heavy atom. The first kappa shape index (κ1) is 23.2. The Kier molecular flexibility index (Phi) is 5.71. The number of aliphatic hydroxyl groups excluding tert-OH is 1. The van der Waals surface area contributed by atoms with Crippen molar-refractivity contribution in [3.63, 3.8) is 0 Å². The van der Waals surface area contributed by atoms with Crippen LogP contribution in [0, 0.1) is 6.57 Å². The number of fused-ring (bicyclic) bond motifs is 2. The maximum atomic E-state index is 13.4. The van der Waals surface area contributed by atoms with Crippen LogP contribution in [0.2, 0.25) is 0 Å². The number of rotatable bonds is 5. The molecule has 5 atom stereocenters. The van der Waals surface area contributed by atoms with Crippen molar-refractivity contribution in [2.75, 3.05) is 18.9 Å². The number of hydrogen-bond donors (Lipinski definition) is 2. The first-order valence-corrected chi connectivity index (χ1v) is 12.0. The molecule has 1 unspecified atom stereocenters. The van der Waals surface area contributed by atoms with E-state index in [-0.39, 0.29) is 23.7 Å². The third kappa shape index (κ3) is 3.81. The van der Waals surface area contributed by atoms with Gasteiger partial charge in [0.05, 0.1) is 12.3 Å². The van der Waals surface area contributed by atoms with Crippen molar-refractivity contribution in [3.8, 4) is 5.75 Å². The van der Waals surface area contributed by atoms with Gasteiger partial charge in [-0.05, 0) is 31.2 Å². The molecule has 2 fully saturated rings. The zero-order valence-corrected chi connectivity index (χ0v) is 19.2. The van der Waals surface area contributed by atoms with Gasteiger partial charge in [0.2, 0.25) is 6.10 Å². The standard InChI is InChI=1S/C21H20N5O8P/c1-3-30-20(28)12-6-4-5-7-15(12)33-35(29)31-10-21(23-2)18(34-35)16(27)17(32-21)13-8-9-14-19(22)24-11-25-26(13)14/h4-9,11,16-18,27H,3,10H2,1H3,(H2,22,24,25)/t16-,17-,18-,21+,35?/m0/s1. The fourth-order valence-electron chi connectivity index (χ4n) is 4.02. The van der Waals surface area contributed by atoms with E-state index in [1.165, 1.54) is 23.0 Å². The Bertz CT molecular complexity index is 1390. The van der Waals surface area contributed by atoms with Crippen molar-refractivity contribution in [1.82, 2.24) is 14.6 Å². The number of anilines is 1. The maximum absolute atomic E-state index is 13.4. The number of esters is 1. The monoisotopic (exact) mass is 501 g/mol. The molecule has 3 N–H and O–H groups in total. The van der Waals surface area contributed by atoms with Crippen LogP contribution in [0.5, 0.6) is 5.75 Å². The SMILES string of the molecule is [C-]#[N+][C@@]12COP(=O)(Oc3ccccc3C(=O)OCC)O[C@H]1[C@@H](O)[C@H](c1ccc3c(N)ncnn13)O2. The topological polar surface area (TPSA) is 161 Å². The zero-order valence-electron chi connectivity index (χ0n) is 18.3. The zero-order chi connectivity index (χ0) is 24.8. The number of para-hydroxylation sites is 1. The summed E-state index contributed by atoms with van der Waals surface area (Å²) in [5, 5.41) is 15.2. The number of ether oxygens (including phenoxy) is 2. The van der Waals surface area contributed by atoms with Crippen molar-refractivity contribution in [1.29, 1.82) is 0 Å². The minimum Gasteiger partial charge on any atom is -0.462 e. The summed E-state index contributed by atoms with van der Waals surface area (Å²) in [4.78, 5) is 19.7. The molecule has 0 amide bonds. The van der Waals surface area contributed by atoms with Crippen LogP contribution in [-0.2, 0) is 23.1 Å². The van der Waals surface area contributed by atoms with Crippen LogP contribution in [0.25, 0.3) is 10.4 Å². The van der Waals surface area contributed by atoms with Gasteiger partial charge in [-0.15, -0.1) is 0 Å². The minimum atomic E-state index is -4.39. The highest BCUT2D eigenvalue weighted by atomic mass is 31.2. The summed E-state index contributed by atoms with van der Waals surface area (Å²) in [6.45, 7) is 8.94. The lowest BCUT2D eigenvalue weighted by molar-refractivity contribution is -0.105. The van der Waals surface area contributed by atoms with Gasteiger partial charge in [0.15, 0.2) is 12.4 Å². The Morgan fingerprint density at radius 1 is 1.40 bits per heavy atom. The van der Waals surface area contributed by atoms with E-state index in [0.29, 0.717) is 11.2 Å². The molecule has 13 nitrogen and oxygen atoms in total. The number of phosphoric acid groups is 1. The number of nitrogens with two attached hydrogens (primary N) is 1. The van der Waals surface area contributed by atoms with Gasteiger partial charge in [-0.1, -0.05) is 12.1 Å². The van der Waals surface area contributed by atoms with Gasteiger partial charge in [0, 0.05) is 0 Å². The molecule has 3 aromatic rings. The van der Waals surface area contributed by atoms with Crippen LogP contribution >= 0.6 is 7.82 Å². The summed E-state index contributed by atoms with van der Waals surface area (Å²) in [5.41, 5.74) is 4.95. The Balaban J connectivity index is 1.44. The molecule has 2 saturated heterocycles. The average molecular weight is 501 g/mol. The lowest BCUT2D eigenvalue weighted by Gasteiger charge is -2.32. The minimum absolute atomic E-state index is 0.0109. The fourth-order valence-corrected chi connectivity index (χ4v) is 5.49. The molecule has 35 heavy (non-hydrogen) atoms. The van der Waals surface area contributed by atoms with Gasteiger partial charge >= 0.3 is 19.5 Å². The molecule has 182 valence electrons. The van der Waals surface area contributed by atoms with E-state index in [1.54, 1.807) is 31.2 Å². The third-order valence-electron chi connectivity index (χ3n) is 5.65. The molecule has 14 heteroatoms. The molecule has 2 aliphatic rings. The smallest absolute Gasteiger partial charge is 0.462 e. The van der Waals surface area contributed by atoms with Gasteiger partial charge in [-0.25, -0.2) is 25.4 Å². The third-order valence-corrected chi connectivity index (χ3v) is 7.00. The molecule has 0 saturated carbocycles. The highest BCUT2D eigenvalue weighted by molar-refractivity contribution is 7.49. The number of benzene rings is 1. The molecular formula is C21H20N5O8P. The summed E-state index contributed by atoms with van der Waals surface area (Å²) in [6.07, 6.45) is -2.69. The van der Waals surface area contributed by atoms with Crippen LogP contribution < -0.4 is 10.3 Å². The molecule has 0 bridgehead atoms. The van der Waals surface area contributed by atoms with Crippen LogP contribution in [0.3, 0.4) is 0 Å². The normalized spacial score (nSPS) is 29.9. The largest absolute Gasteiger partial charge is 0.531 e. The van der Waals surface area contributed by atoms with E-state index < -0.39 is 44.4 Å². The lowest BCUT2D eigenvalue weighted by Crippen LogP contribution is -2.49. The van der Waals surface area contributed by atoms with E-state index >= 15 is 0 Å². The number of carbonyl (C=O) groups excluding carboxylic acids is 1. The molecule has 1 aromatic carbocycles. The van der Waals surface area contributed by atoms with Crippen molar-refractivity contribution < 1.29 is 37.5 Å². The molecule has 2 aromatic heterocycles. The van der Waals surface area contributed by atoms with Crippen molar-refractivity contribution >= 4 is 25.1 Å². The summed E-state index contributed by atoms with van der Waals surface area (Å²) in [7, 11) is -4.39. The second kappa shape index (κ2) is 8.60. The summed E-state index contributed by atoms with van der Waals surface area (Å²) in [6, 6.07) is 9.24. The number of carbonyl (C=O) groups is 1. The molecule has 5 rings (SSSR count). The van der Waals surface area contributed by atoms with Gasteiger partial charge in [0.25, 0.3) is 0 Å². The number of aliphatic hydroxyl groups is 1. The summed E-state index contributed by atoms with van der Waals surface area (Å²) >= 11 is 0. The van der Waals surface area contributed by atoms with Gasteiger partial charge < -0.3 is 20.1 Å². The summed E-state index contributed by atoms with van der Waals surface area (Å²) < 4.78 is 42.2. The van der Waals surface area contributed by atoms with Crippen LogP contribution in [0.1, 0.15) is 29.1 Å². The van der Waals surface area contributed by atoms with Crippen LogP contribution in [0.4, 0.5) is 5.82 Å². The van der Waals surface area contributed by atoms with E-state index in [2.05, 4.69) is 14.9 Å². The van der Waals surface area contributed by atoms with Crippen molar-refractivity contribution in [2.24, 2.45) is 0 Å². The van der Waals surface area contributed by atoms with Gasteiger partial charge in [0.1, 0.15) is 35.4 Å². The maximum Gasteiger partial charge on any atom is 0.531 e. The number of aromatic nitrogens is 3. The highest BCUT2D eigenvalue weighted by Gasteiger charge is 2.69. The van der Waals surface area contributed by atoms with Crippen LogP contribution in [-0.4, -0.2) is 56.8 Å². The highest BCUT2D eigenvalue weighted by Crippen LogP contribution is 2.60. The van der Waals surface area contributed by atoms with E-state index in [9.17, 15) is 14.5 Å².